The third-order valence-corrected chi connectivity index (χ3v) is 4.25. The lowest BCUT2D eigenvalue weighted by Crippen LogP contribution is -2.40. The van der Waals surface area contributed by atoms with Crippen molar-refractivity contribution < 1.29 is 20.1 Å². The first-order valence-corrected chi connectivity index (χ1v) is 8.76. The number of nitrogens with zero attached hydrogens (tertiary/aromatic N) is 2. The van der Waals surface area contributed by atoms with Gasteiger partial charge in [0.1, 0.15) is 24.3 Å². The highest BCUT2D eigenvalue weighted by atomic mass is 16.5. The van der Waals surface area contributed by atoms with E-state index in [1.54, 1.807) is 14.0 Å². The highest BCUT2D eigenvalue weighted by molar-refractivity contribution is 5.43. The van der Waals surface area contributed by atoms with E-state index in [4.69, 9.17) is 4.74 Å². The van der Waals surface area contributed by atoms with Crippen LogP contribution in [-0.4, -0.2) is 56.8 Å². The Balaban J connectivity index is 1.75. The van der Waals surface area contributed by atoms with Crippen molar-refractivity contribution in [3.05, 3.63) is 44.6 Å². The molecule has 2 rings (SSSR count). The van der Waals surface area contributed by atoms with Crippen LogP contribution in [0.25, 0.3) is 0 Å². The molecule has 2 aromatic rings. The Morgan fingerprint density at radius 1 is 1.11 bits per heavy atom. The van der Waals surface area contributed by atoms with E-state index >= 15 is 0 Å². The number of phenolic OH excluding ortho intramolecular Hbond substituents is 2. The lowest BCUT2D eigenvalue weighted by Gasteiger charge is -2.16. The molecule has 1 aromatic carbocycles. The Morgan fingerprint density at radius 2 is 1.82 bits per heavy atom. The molecule has 0 bridgehead atoms. The molecule has 0 amide bonds. The minimum Gasteiger partial charge on any atom is -0.504 e. The summed E-state index contributed by atoms with van der Waals surface area (Å²) in [7, 11) is 3.03. The summed E-state index contributed by atoms with van der Waals surface area (Å²) < 4.78 is 7.79. The summed E-state index contributed by atoms with van der Waals surface area (Å²) in [6.07, 6.45) is -0.786. The number of hydrogen-bond donors (Lipinski definition) is 5. The number of aliphatic hydroxyl groups is 1. The zero-order chi connectivity index (χ0) is 20.8. The van der Waals surface area contributed by atoms with Crippen LogP contribution >= 0.6 is 0 Å². The number of rotatable bonds is 9. The van der Waals surface area contributed by atoms with E-state index in [1.807, 2.05) is 0 Å². The van der Waals surface area contributed by atoms with Crippen molar-refractivity contribution in [1.29, 1.82) is 0 Å². The van der Waals surface area contributed by atoms with Crippen LogP contribution in [0, 0.1) is 6.92 Å². The lowest BCUT2D eigenvalue weighted by atomic mass is 10.3. The van der Waals surface area contributed by atoms with Gasteiger partial charge in [0.25, 0.3) is 5.56 Å². The molecule has 1 unspecified atom stereocenters. The van der Waals surface area contributed by atoms with Crippen molar-refractivity contribution in [1.82, 2.24) is 14.5 Å². The van der Waals surface area contributed by atoms with Crippen LogP contribution in [0.5, 0.6) is 17.2 Å². The van der Waals surface area contributed by atoms with Crippen molar-refractivity contribution in [2.45, 2.75) is 13.0 Å². The molecule has 0 aliphatic heterocycles. The van der Waals surface area contributed by atoms with Crippen molar-refractivity contribution >= 4 is 5.82 Å². The first kappa shape index (κ1) is 21.3. The quantitative estimate of drug-likeness (QED) is 0.277. The predicted octanol–water partition coefficient (Wildman–Crippen LogP) is -0.755. The number of aliphatic hydroxyl groups excluding tert-OH is 1. The standard InChI is InChI=1S/C18H26N4O6/c1-11-16(21(2)18(27)22(3)17(11)26)20-7-6-19-9-12(23)10-28-13-4-5-14(24)15(25)8-13/h4-5,8,12,19-20,23-25H,6-7,9-10H2,1-3H3. The third kappa shape index (κ3) is 5.05. The van der Waals surface area contributed by atoms with E-state index in [0.717, 1.165) is 4.57 Å². The lowest BCUT2D eigenvalue weighted by molar-refractivity contribution is 0.106. The number of hydrogen-bond acceptors (Lipinski definition) is 8. The van der Waals surface area contributed by atoms with Gasteiger partial charge in [0.15, 0.2) is 11.5 Å². The molecule has 28 heavy (non-hydrogen) atoms. The number of phenols is 2. The number of benzene rings is 1. The molecule has 1 aromatic heterocycles. The molecular weight excluding hydrogens is 368 g/mol. The average molecular weight is 394 g/mol. The highest BCUT2D eigenvalue weighted by Crippen LogP contribution is 2.28. The Morgan fingerprint density at radius 3 is 2.50 bits per heavy atom. The van der Waals surface area contributed by atoms with Crippen LogP contribution in [0.1, 0.15) is 5.56 Å². The molecule has 0 saturated heterocycles. The SMILES string of the molecule is Cc1c(NCCNCC(O)COc2ccc(O)c(O)c2)n(C)c(=O)n(C)c1=O. The Hall–Kier alpha value is -2.98. The molecule has 1 atom stereocenters. The Kier molecular flexibility index (Phi) is 7.07. The predicted molar refractivity (Wildman–Crippen MR) is 104 cm³/mol. The van der Waals surface area contributed by atoms with Gasteiger partial charge in [0.2, 0.25) is 0 Å². The van der Waals surface area contributed by atoms with Gasteiger partial charge in [-0.15, -0.1) is 0 Å². The largest absolute Gasteiger partial charge is 0.504 e. The molecule has 1 heterocycles. The number of aromatic hydroxyl groups is 2. The second-order valence-electron chi connectivity index (χ2n) is 6.43. The van der Waals surface area contributed by atoms with Gasteiger partial charge in [-0.2, -0.15) is 0 Å². The van der Waals surface area contributed by atoms with Crippen LogP contribution in [0.3, 0.4) is 0 Å². The monoisotopic (exact) mass is 394 g/mol. The number of nitrogens with one attached hydrogen (secondary N) is 2. The first-order valence-electron chi connectivity index (χ1n) is 8.76. The first-order chi connectivity index (χ1) is 13.2. The topological polar surface area (TPSA) is 138 Å². The summed E-state index contributed by atoms with van der Waals surface area (Å²) in [6, 6.07) is 4.04. The maximum Gasteiger partial charge on any atom is 0.332 e. The molecule has 0 aliphatic rings. The van der Waals surface area contributed by atoms with Crippen LogP contribution in [0.15, 0.2) is 27.8 Å². The van der Waals surface area contributed by atoms with Crippen molar-refractivity contribution in [3.8, 4) is 17.2 Å². The zero-order valence-electron chi connectivity index (χ0n) is 16.1. The van der Waals surface area contributed by atoms with Gasteiger partial charge in [-0.1, -0.05) is 0 Å². The molecule has 154 valence electrons. The van der Waals surface area contributed by atoms with Crippen LogP contribution in [0.4, 0.5) is 5.82 Å². The number of aromatic nitrogens is 2. The highest BCUT2D eigenvalue weighted by Gasteiger charge is 2.11. The van der Waals surface area contributed by atoms with E-state index in [0.29, 0.717) is 30.2 Å². The summed E-state index contributed by atoms with van der Waals surface area (Å²) >= 11 is 0. The van der Waals surface area contributed by atoms with Crippen molar-refractivity contribution in [2.24, 2.45) is 14.1 Å². The summed E-state index contributed by atoms with van der Waals surface area (Å²) in [6.45, 7) is 2.85. The minimum absolute atomic E-state index is 0.00693. The van der Waals surface area contributed by atoms with Gasteiger partial charge in [-0.25, -0.2) is 4.79 Å². The van der Waals surface area contributed by atoms with Crippen LogP contribution in [-0.2, 0) is 14.1 Å². The summed E-state index contributed by atoms with van der Waals surface area (Å²) in [5, 5.41) is 34.7. The van der Waals surface area contributed by atoms with Gasteiger partial charge in [-0.05, 0) is 19.1 Å². The summed E-state index contributed by atoms with van der Waals surface area (Å²) in [4.78, 5) is 23.9. The Bertz CT molecular complexity index is 900. The van der Waals surface area contributed by atoms with E-state index < -0.39 is 11.8 Å². The zero-order valence-corrected chi connectivity index (χ0v) is 16.1. The maximum absolute atomic E-state index is 12.0. The maximum atomic E-state index is 12.0. The number of ether oxygens (including phenoxy) is 1. The molecule has 0 spiro atoms. The normalized spacial score (nSPS) is 12.0. The molecule has 10 heteroatoms. The average Bonchev–Trinajstić information content (AvgIpc) is 2.67. The van der Waals surface area contributed by atoms with Gasteiger partial charge < -0.3 is 30.7 Å². The second-order valence-corrected chi connectivity index (χ2v) is 6.43. The third-order valence-electron chi connectivity index (χ3n) is 4.25. The fourth-order valence-corrected chi connectivity index (χ4v) is 2.65. The molecular formula is C18H26N4O6. The number of anilines is 1. The fraction of sp³-hybridized carbons (Fsp3) is 0.444. The van der Waals surface area contributed by atoms with Crippen molar-refractivity contribution in [3.63, 3.8) is 0 Å². The fourth-order valence-electron chi connectivity index (χ4n) is 2.65. The summed E-state index contributed by atoms with van der Waals surface area (Å²) in [5.41, 5.74) is -0.291. The Labute approximate surface area is 161 Å². The molecule has 0 saturated carbocycles. The van der Waals surface area contributed by atoms with Gasteiger partial charge in [0.05, 0.1) is 5.56 Å². The van der Waals surface area contributed by atoms with Crippen molar-refractivity contribution in [2.75, 3.05) is 31.6 Å². The van der Waals surface area contributed by atoms with E-state index in [-0.39, 0.29) is 30.2 Å². The van der Waals surface area contributed by atoms with Gasteiger partial charge >= 0.3 is 5.69 Å². The second kappa shape index (κ2) is 9.29. The molecule has 5 N–H and O–H groups in total. The smallest absolute Gasteiger partial charge is 0.332 e. The van der Waals surface area contributed by atoms with Gasteiger partial charge in [-0.3, -0.25) is 13.9 Å². The van der Waals surface area contributed by atoms with Crippen LogP contribution < -0.4 is 26.6 Å². The molecule has 0 radical (unpaired) electrons. The molecule has 0 fully saturated rings. The minimum atomic E-state index is -0.786. The van der Waals surface area contributed by atoms with E-state index in [2.05, 4.69) is 10.6 Å². The summed E-state index contributed by atoms with van der Waals surface area (Å²) in [5.74, 6) is 0.256. The molecule has 0 aliphatic carbocycles. The van der Waals surface area contributed by atoms with E-state index in [9.17, 15) is 24.9 Å². The van der Waals surface area contributed by atoms with E-state index in [1.165, 1.54) is 29.8 Å². The van der Waals surface area contributed by atoms with Crippen LogP contribution in [0.2, 0.25) is 0 Å². The van der Waals surface area contributed by atoms with Gasteiger partial charge in [0, 0.05) is 39.8 Å². The molecule has 10 nitrogen and oxygen atoms in total.